The molecular weight excluding hydrogens is 216 g/mol. The zero-order valence-corrected chi connectivity index (χ0v) is 11.1. The summed E-state index contributed by atoms with van der Waals surface area (Å²) in [5, 5.41) is 7.10. The maximum absolute atomic E-state index is 4.75. The third kappa shape index (κ3) is 3.05. The number of aromatic nitrogens is 1. The van der Waals surface area contributed by atoms with E-state index in [0.717, 1.165) is 12.5 Å². The Labute approximate surface area is 102 Å². The van der Waals surface area contributed by atoms with E-state index in [2.05, 4.69) is 24.5 Å². The minimum Gasteiger partial charge on any atom is -0.309 e. The van der Waals surface area contributed by atoms with Crippen LogP contribution in [0.25, 0.3) is 0 Å². The van der Waals surface area contributed by atoms with Crippen LogP contribution in [0.4, 0.5) is 0 Å². The van der Waals surface area contributed by atoms with Crippen LogP contribution in [-0.2, 0) is 6.54 Å². The second-order valence-corrected chi connectivity index (χ2v) is 5.74. The molecule has 2 nitrogen and oxygen atoms in total. The molecule has 0 saturated heterocycles. The molecule has 0 bridgehead atoms. The van der Waals surface area contributed by atoms with E-state index in [1.165, 1.54) is 42.8 Å². The Morgan fingerprint density at radius 3 is 2.94 bits per heavy atom. The van der Waals surface area contributed by atoms with Crippen LogP contribution in [-0.4, -0.2) is 11.0 Å². The molecule has 0 aromatic carbocycles. The summed E-state index contributed by atoms with van der Waals surface area (Å²) in [5.41, 5.74) is 1.23. The zero-order valence-electron chi connectivity index (χ0n) is 10.3. The third-order valence-corrected chi connectivity index (χ3v) is 4.57. The highest BCUT2D eigenvalue weighted by molar-refractivity contribution is 7.09. The van der Waals surface area contributed by atoms with Gasteiger partial charge < -0.3 is 5.32 Å². The molecule has 2 rings (SSSR count). The quantitative estimate of drug-likeness (QED) is 0.846. The fourth-order valence-electron chi connectivity index (χ4n) is 2.19. The minimum atomic E-state index is 0.594. The fraction of sp³-hybridized carbons (Fsp3) is 0.769. The Hall–Kier alpha value is -0.410. The van der Waals surface area contributed by atoms with Crippen LogP contribution in [0.15, 0.2) is 5.38 Å². The van der Waals surface area contributed by atoms with Gasteiger partial charge in [-0.15, -0.1) is 11.3 Å². The Bertz CT molecular complexity index is 315. The van der Waals surface area contributed by atoms with Crippen LogP contribution in [0, 0.1) is 0 Å². The molecular formula is C13H22N2S. The highest BCUT2D eigenvalue weighted by Gasteiger charge is 2.19. The molecule has 0 amide bonds. The summed E-state index contributed by atoms with van der Waals surface area (Å²) in [6.45, 7) is 5.37. The third-order valence-electron chi connectivity index (χ3n) is 3.52. The van der Waals surface area contributed by atoms with Gasteiger partial charge in [-0.3, -0.25) is 0 Å². The van der Waals surface area contributed by atoms with Crippen molar-refractivity contribution in [2.24, 2.45) is 0 Å². The monoisotopic (exact) mass is 238 g/mol. The number of thiazole rings is 1. The summed E-state index contributed by atoms with van der Waals surface area (Å²) >= 11 is 1.85. The van der Waals surface area contributed by atoms with E-state index in [0.29, 0.717) is 6.04 Å². The lowest BCUT2D eigenvalue weighted by Crippen LogP contribution is -2.24. The largest absolute Gasteiger partial charge is 0.309 e. The van der Waals surface area contributed by atoms with Crippen LogP contribution in [0.1, 0.15) is 62.6 Å². The molecule has 1 unspecified atom stereocenters. The van der Waals surface area contributed by atoms with Crippen molar-refractivity contribution < 1.29 is 0 Å². The summed E-state index contributed by atoms with van der Waals surface area (Å²) in [5.74, 6) is 0.766. The van der Waals surface area contributed by atoms with Crippen LogP contribution in [0.5, 0.6) is 0 Å². The highest BCUT2D eigenvalue weighted by atomic mass is 32.1. The second kappa shape index (κ2) is 5.78. The van der Waals surface area contributed by atoms with Gasteiger partial charge in [0, 0.05) is 23.9 Å². The molecule has 0 spiro atoms. The standard InChI is InChI=1S/C13H22N2S/c1-3-10(2)14-8-12-9-16-13(15-12)11-6-4-5-7-11/h9-11,14H,3-8H2,1-2H3. The number of hydrogen-bond donors (Lipinski definition) is 1. The SMILES string of the molecule is CCC(C)NCc1csc(C2CCCC2)n1. The van der Waals surface area contributed by atoms with Gasteiger partial charge in [-0.2, -0.15) is 0 Å². The number of nitrogens with one attached hydrogen (secondary N) is 1. The lowest BCUT2D eigenvalue weighted by Gasteiger charge is -2.09. The van der Waals surface area contributed by atoms with Crippen molar-refractivity contribution in [3.63, 3.8) is 0 Å². The smallest absolute Gasteiger partial charge is 0.0959 e. The molecule has 1 atom stereocenters. The number of nitrogens with zero attached hydrogens (tertiary/aromatic N) is 1. The van der Waals surface area contributed by atoms with Crippen molar-refractivity contribution in [1.82, 2.24) is 10.3 Å². The molecule has 1 N–H and O–H groups in total. The van der Waals surface area contributed by atoms with Crippen molar-refractivity contribution in [3.8, 4) is 0 Å². The maximum atomic E-state index is 4.75. The molecule has 0 aliphatic heterocycles. The Kier molecular flexibility index (Phi) is 4.36. The van der Waals surface area contributed by atoms with Crippen molar-refractivity contribution >= 4 is 11.3 Å². The Morgan fingerprint density at radius 1 is 1.50 bits per heavy atom. The van der Waals surface area contributed by atoms with Gasteiger partial charge in [0.15, 0.2) is 0 Å². The molecule has 16 heavy (non-hydrogen) atoms. The predicted octanol–water partition coefficient (Wildman–Crippen LogP) is 3.69. The molecule has 1 aliphatic carbocycles. The van der Waals surface area contributed by atoms with Gasteiger partial charge >= 0.3 is 0 Å². The summed E-state index contributed by atoms with van der Waals surface area (Å²) in [4.78, 5) is 4.75. The average Bonchev–Trinajstić information content (AvgIpc) is 2.95. The van der Waals surface area contributed by atoms with Crippen LogP contribution in [0.3, 0.4) is 0 Å². The molecule has 3 heteroatoms. The van der Waals surface area contributed by atoms with Gasteiger partial charge in [0.25, 0.3) is 0 Å². The Morgan fingerprint density at radius 2 is 2.25 bits per heavy atom. The number of rotatable bonds is 5. The highest BCUT2D eigenvalue weighted by Crippen LogP contribution is 2.35. The molecule has 1 aromatic heterocycles. The van der Waals surface area contributed by atoms with E-state index in [1.54, 1.807) is 0 Å². The molecule has 0 radical (unpaired) electrons. The van der Waals surface area contributed by atoms with Gasteiger partial charge in [-0.05, 0) is 26.2 Å². The van der Waals surface area contributed by atoms with Gasteiger partial charge in [-0.1, -0.05) is 19.8 Å². The zero-order chi connectivity index (χ0) is 11.4. The molecule has 1 aliphatic rings. The van der Waals surface area contributed by atoms with Crippen LogP contribution >= 0.6 is 11.3 Å². The van der Waals surface area contributed by atoms with Crippen LogP contribution in [0.2, 0.25) is 0 Å². The first kappa shape index (κ1) is 12.1. The molecule has 1 aromatic rings. The van der Waals surface area contributed by atoms with Crippen molar-refractivity contribution in [2.75, 3.05) is 0 Å². The first-order valence-corrected chi connectivity index (χ1v) is 7.35. The lowest BCUT2D eigenvalue weighted by molar-refractivity contribution is 0.529. The van der Waals surface area contributed by atoms with E-state index in [9.17, 15) is 0 Å². The summed E-state index contributed by atoms with van der Waals surface area (Å²) in [7, 11) is 0. The first-order chi connectivity index (χ1) is 7.79. The van der Waals surface area contributed by atoms with Crippen molar-refractivity contribution in [3.05, 3.63) is 16.1 Å². The lowest BCUT2D eigenvalue weighted by atomic mass is 10.1. The maximum Gasteiger partial charge on any atom is 0.0959 e. The van der Waals surface area contributed by atoms with Gasteiger partial charge in [-0.25, -0.2) is 4.98 Å². The Balaban J connectivity index is 1.86. The van der Waals surface area contributed by atoms with Crippen molar-refractivity contribution in [2.45, 2.75) is 64.5 Å². The topological polar surface area (TPSA) is 24.9 Å². The molecule has 1 fully saturated rings. The second-order valence-electron chi connectivity index (χ2n) is 4.85. The van der Waals surface area contributed by atoms with E-state index < -0.39 is 0 Å². The van der Waals surface area contributed by atoms with Gasteiger partial charge in [0.05, 0.1) is 10.7 Å². The summed E-state index contributed by atoms with van der Waals surface area (Å²) < 4.78 is 0. The normalized spacial score (nSPS) is 19.1. The summed E-state index contributed by atoms with van der Waals surface area (Å²) in [6, 6.07) is 0.594. The van der Waals surface area contributed by atoms with Crippen molar-refractivity contribution in [1.29, 1.82) is 0 Å². The molecule has 1 heterocycles. The van der Waals surface area contributed by atoms with Gasteiger partial charge in [0.1, 0.15) is 0 Å². The number of hydrogen-bond acceptors (Lipinski definition) is 3. The minimum absolute atomic E-state index is 0.594. The van der Waals surface area contributed by atoms with E-state index >= 15 is 0 Å². The average molecular weight is 238 g/mol. The van der Waals surface area contributed by atoms with Gasteiger partial charge in [0.2, 0.25) is 0 Å². The summed E-state index contributed by atoms with van der Waals surface area (Å²) in [6.07, 6.45) is 6.67. The van der Waals surface area contributed by atoms with E-state index in [-0.39, 0.29) is 0 Å². The van der Waals surface area contributed by atoms with Crippen LogP contribution < -0.4 is 5.32 Å². The first-order valence-electron chi connectivity index (χ1n) is 6.47. The van der Waals surface area contributed by atoms with E-state index in [1.807, 2.05) is 11.3 Å². The van der Waals surface area contributed by atoms with E-state index in [4.69, 9.17) is 4.98 Å². The molecule has 90 valence electrons. The fourth-order valence-corrected chi connectivity index (χ4v) is 3.18. The predicted molar refractivity (Wildman–Crippen MR) is 69.9 cm³/mol. The molecule has 1 saturated carbocycles.